The number of hydrogen-bond acceptors (Lipinski definition) is 6. The smallest absolute Gasteiger partial charge is 0.233 e. The molecule has 6 nitrogen and oxygen atoms in total. The third kappa shape index (κ3) is 3.32. The van der Waals surface area contributed by atoms with Gasteiger partial charge in [0, 0.05) is 26.8 Å². The summed E-state index contributed by atoms with van der Waals surface area (Å²) in [6, 6.07) is 4.71. The van der Waals surface area contributed by atoms with E-state index in [1.165, 1.54) is 6.07 Å². The second-order valence-electron chi connectivity index (χ2n) is 4.18. The first-order chi connectivity index (χ1) is 9.49. The highest BCUT2D eigenvalue weighted by molar-refractivity contribution is 9.10. The van der Waals surface area contributed by atoms with Crippen LogP contribution < -0.4 is 15.5 Å². The summed E-state index contributed by atoms with van der Waals surface area (Å²) in [6.45, 7) is 0. The lowest BCUT2D eigenvalue weighted by Crippen LogP contribution is -2.15. The predicted octanol–water partition coefficient (Wildman–Crippen LogP) is 2.62. The molecule has 0 radical (unpaired) electrons. The first-order valence-electron chi connectivity index (χ1n) is 5.83. The Morgan fingerprint density at radius 3 is 2.45 bits per heavy atom. The number of anilines is 4. The molecule has 2 aromatic rings. The second-order valence-corrected chi connectivity index (χ2v) is 5.04. The van der Waals surface area contributed by atoms with Crippen LogP contribution in [0.15, 0.2) is 22.7 Å². The van der Waals surface area contributed by atoms with E-state index in [1.807, 2.05) is 14.1 Å². The highest BCUT2D eigenvalue weighted by Crippen LogP contribution is 2.22. The Morgan fingerprint density at radius 2 is 1.85 bits per heavy atom. The third-order valence-corrected chi connectivity index (χ3v) is 3.07. The van der Waals surface area contributed by atoms with E-state index in [1.54, 1.807) is 24.1 Å². The Bertz CT molecular complexity index is 619. The van der Waals surface area contributed by atoms with E-state index in [4.69, 9.17) is 0 Å². The first-order valence-corrected chi connectivity index (χ1v) is 6.62. The van der Waals surface area contributed by atoms with E-state index in [-0.39, 0.29) is 5.82 Å². The summed E-state index contributed by atoms with van der Waals surface area (Å²) < 4.78 is 13.9. The maximum atomic E-state index is 13.5. The molecule has 1 aromatic carbocycles. The molecule has 0 aliphatic carbocycles. The van der Waals surface area contributed by atoms with E-state index in [0.717, 1.165) is 0 Å². The van der Waals surface area contributed by atoms with Crippen molar-refractivity contribution in [3.8, 4) is 0 Å². The lowest BCUT2D eigenvalue weighted by Gasteiger charge is -2.13. The predicted molar refractivity (Wildman–Crippen MR) is 81.1 cm³/mol. The van der Waals surface area contributed by atoms with Gasteiger partial charge in [0.2, 0.25) is 17.8 Å². The lowest BCUT2D eigenvalue weighted by molar-refractivity contribution is 0.622. The molecule has 106 valence electrons. The van der Waals surface area contributed by atoms with Crippen LogP contribution >= 0.6 is 15.9 Å². The molecule has 0 aliphatic heterocycles. The Labute approximate surface area is 124 Å². The van der Waals surface area contributed by atoms with E-state index < -0.39 is 0 Å². The molecule has 0 saturated heterocycles. The van der Waals surface area contributed by atoms with Crippen molar-refractivity contribution in [1.82, 2.24) is 15.0 Å². The normalized spacial score (nSPS) is 10.2. The monoisotopic (exact) mass is 340 g/mol. The molecular formula is C12H14BrFN6. The van der Waals surface area contributed by atoms with Crippen LogP contribution in [0, 0.1) is 5.82 Å². The van der Waals surface area contributed by atoms with Crippen molar-refractivity contribution < 1.29 is 4.39 Å². The van der Waals surface area contributed by atoms with Crippen LogP contribution in [0.2, 0.25) is 0 Å². The van der Waals surface area contributed by atoms with Crippen LogP contribution in [0.5, 0.6) is 0 Å². The van der Waals surface area contributed by atoms with Crippen molar-refractivity contribution in [2.75, 3.05) is 36.7 Å². The summed E-state index contributed by atoms with van der Waals surface area (Å²) in [5.41, 5.74) is 0.559. The molecule has 0 spiro atoms. The number of rotatable bonds is 4. The molecule has 0 atom stereocenters. The summed E-state index contributed by atoms with van der Waals surface area (Å²) in [5, 5.41) is 5.81. The number of nitrogens with zero attached hydrogens (tertiary/aromatic N) is 4. The molecule has 8 heteroatoms. The minimum Gasteiger partial charge on any atom is -0.357 e. The minimum absolute atomic E-state index is 0.342. The average Bonchev–Trinajstić information content (AvgIpc) is 2.42. The molecule has 20 heavy (non-hydrogen) atoms. The summed E-state index contributed by atoms with van der Waals surface area (Å²) >= 11 is 3.11. The van der Waals surface area contributed by atoms with E-state index in [0.29, 0.717) is 28.0 Å². The van der Waals surface area contributed by atoms with Gasteiger partial charge >= 0.3 is 0 Å². The van der Waals surface area contributed by atoms with Gasteiger partial charge in [-0.05, 0) is 34.1 Å². The number of benzene rings is 1. The van der Waals surface area contributed by atoms with Crippen LogP contribution in [0.25, 0.3) is 0 Å². The largest absolute Gasteiger partial charge is 0.357 e. The topological polar surface area (TPSA) is 66.0 Å². The molecule has 0 saturated carbocycles. The van der Waals surface area contributed by atoms with Crippen molar-refractivity contribution in [3.63, 3.8) is 0 Å². The number of aromatic nitrogens is 3. The fraction of sp³-hybridized carbons (Fsp3) is 0.250. The van der Waals surface area contributed by atoms with E-state index in [2.05, 4.69) is 41.5 Å². The molecule has 2 N–H and O–H groups in total. The molecule has 0 aliphatic rings. The third-order valence-electron chi connectivity index (χ3n) is 2.42. The molecule has 0 bridgehead atoms. The maximum Gasteiger partial charge on any atom is 0.233 e. The minimum atomic E-state index is -0.356. The maximum absolute atomic E-state index is 13.5. The summed E-state index contributed by atoms with van der Waals surface area (Å²) in [7, 11) is 5.38. The van der Waals surface area contributed by atoms with Crippen LogP contribution in [-0.4, -0.2) is 36.1 Å². The van der Waals surface area contributed by atoms with E-state index >= 15 is 0 Å². The van der Waals surface area contributed by atoms with Gasteiger partial charge in [-0.15, -0.1) is 0 Å². The van der Waals surface area contributed by atoms with Crippen molar-refractivity contribution in [3.05, 3.63) is 28.5 Å². The Hall–Kier alpha value is -1.96. The van der Waals surface area contributed by atoms with Gasteiger partial charge in [-0.25, -0.2) is 4.39 Å². The molecule has 0 unspecified atom stereocenters. The van der Waals surface area contributed by atoms with Crippen molar-refractivity contribution in [1.29, 1.82) is 0 Å². The van der Waals surface area contributed by atoms with Crippen molar-refractivity contribution in [2.45, 2.75) is 0 Å². The quantitative estimate of drug-likeness (QED) is 0.891. The molecule has 0 fully saturated rings. The van der Waals surface area contributed by atoms with Gasteiger partial charge in [-0.2, -0.15) is 15.0 Å². The van der Waals surface area contributed by atoms with Gasteiger partial charge in [0.15, 0.2) is 0 Å². The van der Waals surface area contributed by atoms with Gasteiger partial charge in [-0.3, -0.25) is 0 Å². The number of nitrogens with one attached hydrogen (secondary N) is 2. The number of halogens is 2. The molecular weight excluding hydrogens is 327 g/mol. The average molecular weight is 341 g/mol. The van der Waals surface area contributed by atoms with Crippen LogP contribution in [0.4, 0.5) is 27.9 Å². The van der Waals surface area contributed by atoms with Crippen molar-refractivity contribution >= 4 is 39.5 Å². The summed E-state index contributed by atoms with van der Waals surface area (Å²) in [6.07, 6.45) is 0. The Morgan fingerprint density at radius 1 is 1.15 bits per heavy atom. The fourth-order valence-corrected chi connectivity index (χ4v) is 1.68. The van der Waals surface area contributed by atoms with Gasteiger partial charge in [0.05, 0.1) is 4.47 Å². The first kappa shape index (κ1) is 14.4. The van der Waals surface area contributed by atoms with Crippen molar-refractivity contribution in [2.24, 2.45) is 0 Å². The highest BCUT2D eigenvalue weighted by atomic mass is 79.9. The number of hydrogen-bond donors (Lipinski definition) is 2. The molecule has 1 aromatic heterocycles. The van der Waals surface area contributed by atoms with Gasteiger partial charge in [0.25, 0.3) is 0 Å². The summed E-state index contributed by atoms with van der Waals surface area (Å²) in [5.74, 6) is 0.925. The van der Waals surface area contributed by atoms with Crippen LogP contribution in [0.3, 0.4) is 0 Å². The summed E-state index contributed by atoms with van der Waals surface area (Å²) in [4.78, 5) is 14.4. The van der Waals surface area contributed by atoms with Gasteiger partial charge in [-0.1, -0.05) is 0 Å². The fourth-order valence-electron chi connectivity index (χ4n) is 1.44. The van der Waals surface area contributed by atoms with Gasteiger partial charge < -0.3 is 15.5 Å². The molecule has 0 amide bonds. The zero-order valence-corrected chi connectivity index (χ0v) is 12.9. The zero-order valence-electron chi connectivity index (χ0n) is 11.3. The molecule has 1 heterocycles. The zero-order chi connectivity index (χ0) is 14.7. The van der Waals surface area contributed by atoms with Crippen LogP contribution in [0.1, 0.15) is 0 Å². The Kier molecular flexibility index (Phi) is 4.33. The van der Waals surface area contributed by atoms with Crippen LogP contribution in [-0.2, 0) is 0 Å². The standard InChI is InChI=1S/C12H14BrFN6/c1-15-10-17-11(19-12(18-10)20(2)3)16-7-4-5-8(13)9(14)6-7/h4-6H,1-3H3,(H2,15,16,17,18,19). The molecule has 2 rings (SSSR count). The Balaban J connectivity index is 2.32. The SMILES string of the molecule is CNc1nc(Nc2ccc(Br)c(F)c2)nc(N(C)C)n1. The highest BCUT2D eigenvalue weighted by Gasteiger charge is 2.08. The second kappa shape index (κ2) is 6.00. The van der Waals surface area contributed by atoms with Gasteiger partial charge in [0.1, 0.15) is 5.82 Å². The van der Waals surface area contributed by atoms with E-state index in [9.17, 15) is 4.39 Å². The lowest BCUT2D eigenvalue weighted by atomic mass is 10.3.